The molecular weight excluding hydrogens is 264 g/mol. The molecule has 0 aliphatic heterocycles. The lowest BCUT2D eigenvalue weighted by molar-refractivity contribution is 0.311. The fraction of sp³-hybridized carbons (Fsp3) is 0.412. The summed E-state index contributed by atoms with van der Waals surface area (Å²) in [4.78, 5) is 0. The summed E-state index contributed by atoms with van der Waals surface area (Å²) >= 11 is 0. The minimum atomic E-state index is 0.624. The smallest absolute Gasteiger partial charge is 0.163 e. The Morgan fingerprint density at radius 1 is 1.14 bits per heavy atom. The van der Waals surface area contributed by atoms with E-state index in [1.54, 1.807) is 7.11 Å². The Morgan fingerprint density at radius 2 is 2.00 bits per heavy atom. The standard InChI is InChI=1S/C17H24N2O2/c1-4-10-19-11-6-7-15(19)13-18-14-8-9-16(20-3)17(12-14)21-5-2/h6-9,11-12,18H,4-5,10,13H2,1-3H3. The lowest BCUT2D eigenvalue weighted by Gasteiger charge is -2.13. The number of aryl methyl sites for hydroxylation is 1. The van der Waals surface area contributed by atoms with E-state index in [-0.39, 0.29) is 0 Å². The summed E-state index contributed by atoms with van der Waals surface area (Å²) in [7, 11) is 1.66. The second-order valence-electron chi connectivity index (χ2n) is 4.85. The van der Waals surface area contributed by atoms with Crippen molar-refractivity contribution in [1.82, 2.24) is 4.57 Å². The molecule has 21 heavy (non-hydrogen) atoms. The van der Waals surface area contributed by atoms with Crippen LogP contribution in [0.2, 0.25) is 0 Å². The van der Waals surface area contributed by atoms with Gasteiger partial charge in [0.2, 0.25) is 0 Å². The van der Waals surface area contributed by atoms with E-state index < -0.39 is 0 Å². The van der Waals surface area contributed by atoms with E-state index in [1.807, 2.05) is 25.1 Å². The Hall–Kier alpha value is -2.10. The second-order valence-corrected chi connectivity index (χ2v) is 4.85. The van der Waals surface area contributed by atoms with Crippen LogP contribution in [0, 0.1) is 0 Å². The summed E-state index contributed by atoms with van der Waals surface area (Å²) in [6, 6.07) is 10.2. The Balaban J connectivity index is 2.05. The molecule has 0 spiro atoms. The van der Waals surface area contributed by atoms with Gasteiger partial charge >= 0.3 is 0 Å². The van der Waals surface area contributed by atoms with E-state index in [1.165, 1.54) is 5.69 Å². The monoisotopic (exact) mass is 288 g/mol. The van der Waals surface area contributed by atoms with Crippen LogP contribution in [-0.4, -0.2) is 18.3 Å². The summed E-state index contributed by atoms with van der Waals surface area (Å²) in [5.74, 6) is 1.53. The molecule has 0 bridgehead atoms. The molecule has 0 saturated heterocycles. The van der Waals surface area contributed by atoms with Gasteiger partial charge in [0.25, 0.3) is 0 Å². The van der Waals surface area contributed by atoms with Gasteiger partial charge in [-0.25, -0.2) is 0 Å². The van der Waals surface area contributed by atoms with E-state index in [0.717, 1.165) is 36.7 Å². The molecule has 0 saturated carbocycles. The Kier molecular flexibility index (Phi) is 5.55. The third-order valence-corrected chi connectivity index (χ3v) is 3.33. The Morgan fingerprint density at radius 3 is 2.71 bits per heavy atom. The van der Waals surface area contributed by atoms with Gasteiger partial charge < -0.3 is 19.4 Å². The summed E-state index contributed by atoms with van der Waals surface area (Å²) in [5.41, 5.74) is 2.31. The van der Waals surface area contributed by atoms with Crippen molar-refractivity contribution in [2.75, 3.05) is 19.0 Å². The van der Waals surface area contributed by atoms with Gasteiger partial charge in [-0.1, -0.05) is 6.92 Å². The SMILES string of the molecule is CCCn1cccc1CNc1ccc(OC)c(OCC)c1. The van der Waals surface area contributed by atoms with Crippen molar-refractivity contribution in [2.45, 2.75) is 33.4 Å². The summed E-state index contributed by atoms with van der Waals surface area (Å²) in [5, 5.41) is 3.44. The van der Waals surface area contributed by atoms with Crippen LogP contribution in [0.25, 0.3) is 0 Å². The fourth-order valence-corrected chi connectivity index (χ4v) is 2.32. The molecule has 0 aliphatic rings. The minimum Gasteiger partial charge on any atom is -0.493 e. The number of anilines is 1. The van der Waals surface area contributed by atoms with Crippen LogP contribution in [0.3, 0.4) is 0 Å². The van der Waals surface area contributed by atoms with Gasteiger partial charge in [-0.15, -0.1) is 0 Å². The second kappa shape index (κ2) is 7.62. The van der Waals surface area contributed by atoms with Crippen LogP contribution in [0.4, 0.5) is 5.69 Å². The van der Waals surface area contributed by atoms with Crippen LogP contribution >= 0.6 is 0 Å². The normalized spacial score (nSPS) is 10.4. The highest BCUT2D eigenvalue weighted by molar-refractivity contribution is 5.54. The zero-order valence-electron chi connectivity index (χ0n) is 13.1. The van der Waals surface area contributed by atoms with E-state index in [9.17, 15) is 0 Å². The summed E-state index contributed by atoms with van der Waals surface area (Å²) < 4.78 is 13.2. The maximum Gasteiger partial charge on any atom is 0.163 e. The first-order valence-corrected chi connectivity index (χ1v) is 7.47. The van der Waals surface area contributed by atoms with Crippen molar-refractivity contribution < 1.29 is 9.47 Å². The number of benzene rings is 1. The van der Waals surface area contributed by atoms with Gasteiger partial charge in [-0.3, -0.25) is 0 Å². The molecule has 1 N–H and O–H groups in total. The lowest BCUT2D eigenvalue weighted by Crippen LogP contribution is -2.07. The van der Waals surface area contributed by atoms with Crippen molar-refractivity contribution in [2.24, 2.45) is 0 Å². The van der Waals surface area contributed by atoms with Gasteiger partial charge in [-0.05, 0) is 37.6 Å². The van der Waals surface area contributed by atoms with Gasteiger partial charge in [0.1, 0.15) is 0 Å². The van der Waals surface area contributed by atoms with Gasteiger partial charge in [-0.2, -0.15) is 0 Å². The first kappa shape index (κ1) is 15.3. The zero-order chi connectivity index (χ0) is 15.1. The Bertz CT molecular complexity index is 564. The Labute approximate surface area is 126 Å². The molecule has 0 aliphatic carbocycles. The summed E-state index contributed by atoms with van der Waals surface area (Å²) in [6.07, 6.45) is 3.26. The average Bonchev–Trinajstić information content (AvgIpc) is 2.93. The molecule has 0 atom stereocenters. The van der Waals surface area contributed by atoms with Crippen molar-refractivity contribution >= 4 is 5.69 Å². The first-order chi connectivity index (χ1) is 10.3. The molecular formula is C17H24N2O2. The molecule has 4 nitrogen and oxygen atoms in total. The molecule has 1 aromatic heterocycles. The van der Waals surface area contributed by atoms with Gasteiger partial charge in [0.05, 0.1) is 20.3 Å². The number of nitrogens with one attached hydrogen (secondary N) is 1. The highest BCUT2D eigenvalue weighted by Crippen LogP contribution is 2.30. The first-order valence-electron chi connectivity index (χ1n) is 7.47. The summed E-state index contributed by atoms with van der Waals surface area (Å²) in [6.45, 7) is 6.63. The maximum atomic E-state index is 5.60. The van der Waals surface area contributed by atoms with Crippen LogP contribution in [-0.2, 0) is 13.1 Å². The fourth-order valence-electron chi connectivity index (χ4n) is 2.32. The van der Waals surface area contributed by atoms with Gasteiger partial charge in [0, 0.05) is 30.2 Å². The average molecular weight is 288 g/mol. The molecule has 0 amide bonds. The van der Waals surface area contributed by atoms with E-state index in [0.29, 0.717) is 6.61 Å². The predicted octanol–water partition coefficient (Wildman–Crippen LogP) is 3.92. The molecule has 2 aromatic rings. The van der Waals surface area contributed by atoms with Crippen molar-refractivity contribution in [3.63, 3.8) is 0 Å². The van der Waals surface area contributed by atoms with Crippen LogP contribution in [0.15, 0.2) is 36.5 Å². The number of aromatic nitrogens is 1. The van der Waals surface area contributed by atoms with Crippen LogP contribution in [0.5, 0.6) is 11.5 Å². The quantitative estimate of drug-likeness (QED) is 0.799. The zero-order valence-corrected chi connectivity index (χ0v) is 13.1. The topological polar surface area (TPSA) is 35.4 Å². The van der Waals surface area contributed by atoms with Crippen molar-refractivity contribution in [3.8, 4) is 11.5 Å². The van der Waals surface area contributed by atoms with Crippen LogP contribution in [0.1, 0.15) is 26.0 Å². The van der Waals surface area contributed by atoms with Crippen molar-refractivity contribution in [1.29, 1.82) is 0 Å². The van der Waals surface area contributed by atoms with E-state index >= 15 is 0 Å². The number of rotatable bonds is 8. The highest BCUT2D eigenvalue weighted by Gasteiger charge is 2.06. The van der Waals surface area contributed by atoms with E-state index in [2.05, 4.69) is 35.1 Å². The van der Waals surface area contributed by atoms with Crippen molar-refractivity contribution in [3.05, 3.63) is 42.2 Å². The minimum absolute atomic E-state index is 0.624. The van der Waals surface area contributed by atoms with Crippen LogP contribution < -0.4 is 14.8 Å². The molecule has 0 radical (unpaired) electrons. The maximum absolute atomic E-state index is 5.60. The third kappa shape index (κ3) is 3.94. The number of nitrogens with zero attached hydrogens (tertiary/aromatic N) is 1. The molecule has 114 valence electrons. The number of hydrogen-bond acceptors (Lipinski definition) is 3. The predicted molar refractivity (Wildman–Crippen MR) is 86.2 cm³/mol. The number of hydrogen-bond donors (Lipinski definition) is 1. The highest BCUT2D eigenvalue weighted by atomic mass is 16.5. The van der Waals surface area contributed by atoms with Gasteiger partial charge in [0.15, 0.2) is 11.5 Å². The molecule has 1 aromatic carbocycles. The number of methoxy groups -OCH3 is 1. The molecule has 0 fully saturated rings. The molecule has 1 heterocycles. The molecule has 2 rings (SSSR count). The third-order valence-electron chi connectivity index (χ3n) is 3.33. The number of ether oxygens (including phenoxy) is 2. The van der Waals surface area contributed by atoms with E-state index in [4.69, 9.17) is 9.47 Å². The molecule has 0 unspecified atom stereocenters. The lowest BCUT2D eigenvalue weighted by atomic mass is 10.2. The molecule has 4 heteroatoms. The largest absolute Gasteiger partial charge is 0.493 e.